The van der Waals surface area contributed by atoms with Gasteiger partial charge in [-0.25, -0.2) is 0 Å². The van der Waals surface area contributed by atoms with Gasteiger partial charge in [-0.1, -0.05) is 17.7 Å². The normalized spacial score (nSPS) is 15.9. The van der Waals surface area contributed by atoms with E-state index in [-0.39, 0.29) is 6.10 Å². The van der Waals surface area contributed by atoms with Gasteiger partial charge in [0.05, 0.1) is 0 Å². The fourth-order valence-electron chi connectivity index (χ4n) is 2.43. The molecular formula is C14H16ClN3O. The summed E-state index contributed by atoms with van der Waals surface area (Å²) in [6.07, 6.45) is 3.26. The summed E-state index contributed by atoms with van der Waals surface area (Å²) in [6.45, 7) is 2.98. The van der Waals surface area contributed by atoms with Gasteiger partial charge in [-0.05, 0) is 38.0 Å². The molecule has 0 amide bonds. The van der Waals surface area contributed by atoms with Gasteiger partial charge in [0, 0.05) is 18.0 Å². The van der Waals surface area contributed by atoms with Crippen molar-refractivity contribution in [1.29, 1.82) is 0 Å². The highest BCUT2D eigenvalue weighted by Gasteiger charge is 2.21. The topological polar surface area (TPSA) is 39.9 Å². The first-order chi connectivity index (χ1) is 9.24. The molecule has 1 unspecified atom stereocenters. The molecular weight excluding hydrogens is 262 g/mol. The van der Waals surface area contributed by atoms with Crippen LogP contribution in [0.15, 0.2) is 24.3 Å². The second-order valence-electron chi connectivity index (χ2n) is 4.80. The van der Waals surface area contributed by atoms with E-state index in [4.69, 9.17) is 16.3 Å². The van der Waals surface area contributed by atoms with E-state index >= 15 is 0 Å². The van der Waals surface area contributed by atoms with Gasteiger partial charge >= 0.3 is 0 Å². The molecule has 1 aromatic heterocycles. The molecule has 0 aliphatic carbocycles. The van der Waals surface area contributed by atoms with Crippen LogP contribution in [-0.2, 0) is 13.0 Å². The molecule has 1 atom stereocenters. The highest BCUT2D eigenvalue weighted by atomic mass is 35.5. The third kappa shape index (κ3) is 2.59. The first-order valence-corrected chi connectivity index (χ1v) is 6.96. The number of halogens is 1. The maximum Gasteiger partial charge on any atom is 0.173 e. The monoisotopic (exact) mass is 277 g/mol. The zero-order valence-electron chi connectivity index (χ0n) is 10.8. The number of ether oxygens (including phenoxy) is 1. The lowest BCUT2D eigenvalue weighted by Gasteiger charge is -2.19. The number of fused-ring (bicyclic) bond motifs is 1. The smallest absolute Gasteiger partial charge is 0.173 e. The maximum atomic E-state index is 5.96. The van der Waals surface area contributed by atoms with Crippen LogP contribution in [0.2, 0.25) is 5.02 Å². The Morgan fingerprint density at radius 1 is 1.32 bits per heavy atom. The highest BCUT2D eigenvalue weighted by Crippen LogP contribution is 2.25. The molecule has 1 aliphatic heterocycles. The molecule has 4 nitrogen and oxygen atoms in total. The molecule has 0 N–H and O–H groups in total. The van der Waals surface area contributed by atoms with Crippen LogP contribution in [0.25, 0.3) is 0 Å². The second kappa shape index (κ2) is 5.21. The summed E-state index contributed by atoms with van der Waals surface area (Å²) in [5, 5.41) is 9.19. The zero-order valence-corrected chi connectivity index (χ0v) is 11.6. The number of hydrogen-bond donors (Lipinski definition) is 0. The van der Waals surface area contributed by atoms with Gasteiger partial charge in [0.1, 0.15) is 11.6 Å². The van der Waals surface area contributed by atoms with Crippen molar-refractivity contribution in [2.45, 2.75) is 38.8 Å². The summed E-state index contributed by atoms with van der Waals surface area (Å²) in [7, 11) is 0. The van der Waals surface area contributed by atoms with E-state index in [0.29, 0.717) is 5.02 Å². The number of aromatic nitrogens is 3. The summed E-state index contributed by atoms with van der Waals surface area (Å²) in [5.41, 5.74) is 0. The lowest BCUT2D eigenvalue weighted by molar-refractivity contribution is 0.209. The molecule has 1 aromatic carbocycles. The molecule has 3 rings (SSSR count). The van der Waals surface area contributed by atoms with Gasteiger partial charge in [-0.15, -0.1) is 10.2 Å². The molecule has 0 saturated heterocycles. The van der Waals surface area contributed by atoms with E-state index in [1.54, 1.807) is 0 Å². The van der Waals surface area contributed by atoms with Gasteiger partial charge in [0.15, 0.2) is 11.9 Å². The molecule has 0 bridgehead atoms. The molecule has 0 saturated carbocycles. The van der Waals surface area contributed by atoms with Crippen molar-refractivity contribution in [2.24, 2.45) is 0 Å². The standard InChI is InChI=1S/C14H16ClN3O/c1-10(19-12-6-4-5-11(15)9-12)14-17-16-13-7-2-3-8-18(13)14/h4-6,9-10H,2-3,7-8H2,1H3. The molecule has 0 fully saturated rings. The Balaban J connectivity index is 1.80. The first kappa shape index (κ1) is 12.5. The summed E-state index contributed by atoms with van der Waals surface area (Å²) in [6, 6.07) is 7.42. The van der Waals surface area contributed by atoms with Crippen LogP contribution in [0.1, 0.15) is 37.5 Å². The van der Waals surface area contributed by atoms with Crippen LogP contribution in [0.3, 0.4) is 0 Å². The highest BCUT2D eigenvalue weighted by molar-refractivity contribution is 6.30. The Bertz CT molecular complexity index is 582. The lowest BCUT2D eigenvalue weighted by Crippen LogP contribution is -2.17. The van der Waals surface area contributed by atoms with Crippen LogP contribution < -0.4 is 4.74 Å². The minimum absolute atomic E-state index is 0.127. The van der Waals surface area contributed by atoms with Gasteiger partial charge in [-0.3, -0.25) is 0 Å². The van der Waals surface area contributed by atoms with Crippen molar-refractivity contribution in [3.05, 3.63) is 40.9 Å². The number of benzene rings is 1. The van der Waals surface area contributed by atoms with E-state index < -0.39 is 0 Å². The van der Waals surface area contributed by atoms with Crippen molar-refractivity contribution in [1.82, 2.24) is 14.8 Å². The summed E-state index contributed by atoms with van der Waals surface area (Å²) in [4.78, 5) is 0. The predicted molar refractivity (Wildman–Crippen MR) is 73.5 cm³/mol. The molecule has 0 spiro atoms. The average Bonchev–Trinajstić information content (AvgIpc) is 2.82. The maximum absolute atomic E-state index is 5.96. The molecule has 5 heteroatoms. The van der Waals surface area contributed by atoms with Crippen molar-refractivity contribution in [3.63, 3.8) is 0 Å². The molecule has 0 radical (unpaired) electrons. The van der Waals surface area contributed by atoms with E-state index in [9.17, 15) is 0 Å². The predicted octanol–water partition coefficient (Wildman–Crippen LogP) is 3.41. The van der Waals surface area contributed by atoms with E-state index in [2.05, 4.69) is 14.8 Å². The minimum atomic E-state index is -0.127. The third-order valence-corrected chi connectivity index (χ3v) is 3.60. The quantitative estimate of drug-likeness (QED) is 0.863. The molecule has 19 heavy (non-hydrogen) atoms. The Kier molecular flexibility index (Phi) is 3.42. The van der Waals surface area contributed by atoms with Crippen LogP contribution in [-0.4, -0.2) is 14.8 Å². The largest absolute Gasteiger partial charge is 0.483 e. The van der Waals surface area contributed by atoms with E-state index in [0.717, 1.165) is 30.4 Å². The van der Waals surface area contributed by atoms with Crippen molar-refractivity contribution >= 4 is 11.6 Å². The molecule has 1 aliphatic rings. The summed E-state index contributed by atoms with van der Waals surface area (Å²) >= 11 is 5.96. The van der Waals surface area contributed by atoms with Crippen LogP contribution in [0.4, 0.5) is 0 Å². The fourth-order valence-corrected chi connectivity index (χ4v) is 2.61. The Morgan fingerprint density at radius 2 is 2.21 bits per heavy atom. The van der Waals surface area contributed by atoms with Crippen LogP contribution in [0.5, 0.6) is 5.75 Å². The Morgan fingerprint density at radius 3 is 3.05 bits per heavy atom. The van der Waals surface area contributed by atoms with Crippen molar-refractivity contribution in [2.75, 3.05) is 0 Å². The second-order valence-corrected chi connectivity index (χ2v) is 5.24. The van der Waals surface area contributed by atoms with E-state index in [1.165, 1.54) is 12.8 Å². The summed E-state index contributed by atoms with van der Waals surface area (Å²) < 4.78 is 8.08. The number of aryl methyl sites for hydroxylation is 1. The van der Waals surface area contributed by atoms with Gasteiger partial charge < -0.3 is 9.30 Å². The fraction of sp³-hybridized carbons (Fsp3) is 0.429. The molecule has 2 heterocycles. The minimum Gasteiger partial charge on any atom is -0.483 e. The number of hydrogen-bond acceptors (Lipinski definition) is 3. The first-order valence-electron chi connectivity index (χ1n) is 6.58. The van der Waals surface area contributed by atoms with Gasteiger partial charge in [0.25, 0.3) is 0 Å². The SMILES string of the molecule is CC(Oc1cccc(Cl)c1)c1nnc2n1CCCC2. The zero-order chi connectivity index (χ0) is 13.2. The molecule has 100 valence electrons. The Hall–Kier alpha value is -1.55. The third-order valence-electron chi connectivity index (χ3n) is 3.36. The Labute approximate surface area is 117 Å². The molecule has 2 aromatic rings. The van der Waals surface area contributed by atoms with E-state index in [1.807, 2.05) is 31.2 Å². The number of nitrogens with zero attached hydrogens (tertiary/aromatic N) is 3. The van der Waals surface area contributed by atoms with Crippen molar-refractivity contribution in [3.8, 4) is 5.75 Å². The number of rotatable bonds is 3. The average molecular weight is 278 g/mol. The summed E-state index contributed by atoms with van der Waals surface area (Å²) in [5.74, 6) is 2.73. The lowest BCUT2D eigenvalue weighted by atomic mass is 10.1. The van der Waals surface area contributed by atoms with Crippen molar-refractivity contribution < 1.29 is 4.74 Å². The van der Waals surface area contributed by atoms with Gasteiger partial charge in [0.2, 0.25) is 0 Å². The van der Waals surface area contributed by atoms with Crippen LogP contribution >= 0.6 is 11.6 Å². The van der Waals surface area contributed by atoms with Crippen LogP contribution in [0, 0.1) is 0 Å². The van der Waals surface area contributed by atoms with Gasteiger partial charge in [-0.2, -0.15) is 0 Å².